The second kappa shape index (κ2) is 8.12. The van der Waals surface area contributed by atoms with Gasteiger partial charge in [0.25, 0.3) is 0 Å². The molecule has 138 valence electrons. The van der Waals surface area contributed by atoms with Crippen LogP contribution in [0, 0.1) is 17.3 Å². The standard InChI is InChI=1S/C23H28INO/c1-23(2,3)14-20-19(15-24)16-25(22(20)26)21(17-10-6-4-7-11-17)18-12-8-5-9-13-18/h4-13,19-21H,14-16H2,1-3H3/t19-,20+/m1/s1. The molecule has 2 atom stereocenters. The summed E-state index contributed by atoms with van der Waals surface area (Å²) in [4.78, 5) is 15.6. The van der Waals surface area contributed by atoms with Crippen LogP contribution in [0.15, 0.2) is 60.7 Å². The molecule has 0 unspecified atom stereocenters. The van der Waals surface area contributed by atoms with Gasteiger partial charge in [0.2, 0.25) is 5.91 Å². The van der Waals surface area contributed by atoms with Crippen molar-refractivity contribution in [1.29, 1.82) is 0 Å². The van der Waals surface area contributed by atoms with Gasteiger partial charge in [-0.25, -0.2) is 0 Å². The van der Waals surface area contributed by atoms with Crippen molar-refractivity contribution in [3.8, 4) is 0 Å². The average molecular weight is 461 g/mol. The molecule has 0 radical (unpaired) electrons. The lowest BCUT2D eigenvalue weighted by Gasteiger charge is -2.30. The third kappa shape index (κ3) is 4.30. The maximum absolute atomic E-state index is 13.5. The van der Waals surface area contributed by atoms with Crippen LogP contribution in [0.2, 0.25) is 0 Å². The van der Waals surface area contributed by atoms with E-state index in [1.54, 1.807) is 0 Å². The molecule has 0 aliphatic carbocycles. The number of carbonyl (C=O) groups is 1. The summed E-state index contributed by atoms with van der Waals surface area (Å²) in [6, 6.07) is 20.9. The van der Waals surface area contributed by atoms with E-state index in [1.807, 2.05) is 12.1 Å². The van der Waals surface area contributed by atoms with Crippen molar-refractivity contribution < 1.29 is 4.79 Å². The second-order valence-electron chi connectivity index (χ2n) is 8.50. The molecule has 1 aliphatic heterocycles. The quantitative estimate of drug-likeness (QED) is 0.412. The molecule has 1 aliphatic rings. The number of amides is 1. The molecule has 1 heterocycles. The van der Waals surface area contributed by atoms with Gasteiger partial charge in [-0.15, -0.1) is 0 Å². The van der Waals surface area contributed by atoms with Gasteiger partial charge >= 0.3 is 0 Å². The second-order valence-corrected chi connectivity index (χ2v) is 9.38. The van der Waals surface area contributed by atoms with E-state index in [0.717, 1.165) is 17.4 Å². The lowest BCUT2D eigenvalue weighted by Crippen LogP contribution is -2.33. The zero-order valence-corrected chi connectivity index (χ0v) is 18.0. The van der Waals surface area contributed by atoms with E-state index in [1.165, 1.54) is 11.1 Å². The third-order valence-electron chi connectivity index (χ3n) is 5.17. The normalized spacial score (nSPS) is 20.8. The number of halogens is 1. The molecule has 0 saturated carbocycles. The average Bonchev–Trinajstić information content (AvgIpc) is 2.92. The van der Waals surface area contributed by atoms with Gasteiger partial charge in [0.05, 0.1) is 6.04 Å². The molecule has 2 aromatic carbocycles. The van der Waals surface area contributed by atoms with Crippen LogP contribution in [0.5, 0.6) is 0 Å². The fraction of sp³-hybridized carbons (Fsp3) is 0.435. The van der Waals surface area contributed by atoms with Crippen molar-refractivity contribution in [1.82, 2.24) is 4.90 Å². The first-order valence-electron chi connectivity index (χ1n) is 9.37. The Morgan fingerprint density at radius 2 is 1.50 bits per heavy atom. The Bertz CT molecular complexity index is 683. The monoisotopic (exact) mass is 461 g/mol. The number of carbonyl (C=O) groups excluding carboxylic acids is 1. The Kier molecular flexibility index (Phi) is 6.06. The van der Waals surface area contributed by atoms with Crippen LogP contribution in [-0.2, 0) is 4.79 Å². The minimum absolute atomic E-state index is 0.000295. The van der Waals surface area contributed by atoms with Gasteiger partial charge in [-0.3, -0.25) is 4.79 Å². The molecule has 1 fully saturated rings. The molecule has 0 N–H and O–H groups in total. The van der Waals surface area contributed by atoms with Crippen molar-refractivity contribution in [3.05, 3.63) is 71.8 Å². The summed E-state index contributed by atoms with van der Waals surface area (Å²) in [5.74, 6) is 0.873. The van der Waals surface area contributed by atoms with E-state index in [2.05, 4.69) is 96.8 Å². The molecule has 0 spiro atoms. The highest BCUT2D eigenvalue weighted by molar-refractivity contribution is 14.1. The lowest BCUT2D eigenvalue weighted by atomic mass is 9.80. The van der Waals surface area contributed by atoms with Crippen LogP contribution in [0.25, 0.3) is 0 Å². The predicted octanol–water partition coefficient (Wildman–Crippen LogP) is 5.72. The largest absolute Gasteiger partial charge is 0.331 e. The molecule has 2 nitrogen and oxygen atoms in total. The Labute approximate surface area is 171 Å². The fourth-order valence-electron chi connectivity index (χ4n) is 4.01. The van der Waals surface area contributed by atoms with Gasteiger partial charge in [0, 0.05) is 16.9 Å². The summed E-state index contributed by atoms with van der Waals surface area (Å²) < 4.78 is 1.02. The minimum Gasteiger partial charge on any atom is -0.331 e. The van der Waals surface area contributed by atoms with Crippen LogP contribution >= 0.6 is 22.6 Å². The van der Waals surface area contributed by atoms with Crippen LogP contribution in [-0.4, -0.2) is 21.8 Å². The molecule has 2 aromatic rings. The van der Waals surface area contributed by atoms with Gasteiger partial charge < -0.3 is 4.90 Å². The van der Waals surface area contributed by atoms with Crippen molar-refractivity contribution in [2.24, 2.45) is 17.3 Å². The Morgan fingerprint density at radius 3 is 1.92 bits per heavy atom. The highest BCUT2D eigenvalue weighted by Gasteiger charge is 2.44. The minimum atomic E-state index is 0.000295. The first kappa shape index (κ1) is 19.4. The van der Waals surface area contributed by atoms with Crippen molar-refractivity contribution >= 4 is 28.5 Å². The fourth-order valence-corrected chi connectivity index (χ4v) is 4.90. The Hall–Kier alpha value is -1.36. The summed E-state index contributed by atoms with van der Waals surface area (Å²) in [7, 11) is 0. The van der Waals surface area contributed by atoms with E-state index in [4.69, 9.17) is 0 Å². The van der Waals surface area contributed by atoms with E-state index in [-0.39, 0.29) is 17.4 Å². The number of alkyl halides is 1. The number of hydrogen-bond donors (Lipinski definition) is 0. The number of likely N-dealkylation sites (tertiary alicyclic amines) is 1. The molecule has 1 amide bonds. The summed E-state index contributed by atoms with van der Waals surface area (Å²) in [5, 5.41) is 0. The van der Waals surface area contributed by atoms with Crippen molar-refractivity contribution in [2.45, 2.75) is 33.2 Å². The van der Waals surface area contributed by atoms with Crippen LogP contribution in [0.3, 0.4) is 0 Å². The molecule has 0 bridgehead atoms. The van der Waals surface area contributed by atoms with Crippen molar-refractivity contribution in [2.75, 3.05) is 11.0 Å². The summed E-state index contributed by atoms with van der Waals surface area (Å²) in [5.41, 5.74) is 2.54. The van der Waals surface area contributed by atoms with E-state index < -0.39 is 0 Å². The summed E-state index contributed by atoms with van der Waals surface area (Å²) in [6.45, 7) is 7.55. The smallest absolute Gasteiger partial charge is 0.226 e. The number of rotatable bonds is 5. The maximum atomic E-state index is 13.5. The lowest BCUT2D eigenvalue weighted by molar-refractivity contribution is -0.133. The SMILES string of the molecule is CC(C)(C)C[C@@H]1C(=O)N(C(c2ccccc2)c2ccccc2)C[C@H]1CI. The number of hydrogen-bond acceptors (Lipinski definition) is 1. The van der Waals surface area contributed by atoms with E-state index in [9.17, 15) is 4.79 Å². The van der Waals surface area contributed by atoms with Crippen molar-refractivity contribution in [3.63, 3.8) is 0 Å². The number of benzene rings is 2. The molecule has 1 saturated heterocycles. The van der Waals surface area contributed by atoms with Crippen LogP contribution < -0.4 is 0 Å². The molecular formula is C23H28INO. The first-order valence-corrected chi connectivity index (χ1v) is 10.9. The van der Waals surface area contributed by atoms with Crippen LogP contribution in [0.1, 0.15) is 44.4 Å². The number of nitrogens with zero attached hydrogens (tertiary/aromatic N) is 1. The zero-order chi connectivity index (χ0) is 18.7. The maximum Gasteiger partial charge on any atom is 0.226 e. The molecule has 26 heavy (non-hydrogen) atoms. The highest BCUT2D eigenvalue weighted by atomic mass is 127. The molecular weight excluding hydrogens is 433 g/mol. The van der Waals surface area contributed by atoms with E-state index >= 15 is 0 Å². The third-order valence-corrected chi connectivity index (χ3v) is 6.30. The predicted molar refractivity (Wildman–Crippen MR) is 116 cm³/mol. The zero-order valence-electron chi connectivity index (χ0n) is 15.9. The van der Waals surface area contributed by atoms with Crippen LogP contribution in [0.4, 0.5) is 0 Å². The van der Waals surface area contributed by atoms with Gasteiger partial charge in [0.15, 0.2) is 0 Å². The van der Waals surface area contributed by atoms with Gasteiger partial charge in [-0.05, 0) is 28.9 Å². The topological polar surface area (TPSA) is 20.3 Å². The summed E-state index contributed by atoms with van der Waals surface area (Å²) in [6.07, 6.45) is 0.951. The van der Waals surface area contributed by atoms with Gasteiger partial charge in [-0.2, -0.15) is 0 Å². The molecule has 3 heteroatoms. The Morgan fingerprint density at radius 1 is 1.00 bits per heavy atom. The highest BCUT2D eigenvalue weighted by Crippen LogP contribution is 2.41. The molecule has 0 aromatic heterocycles. The Balaban J connectivity index is 1.98. The molecule has 3 rings (SSSR count). The van der Waals surface area contributed by atoms with Gasteiger partial charge in [-0.1, -0.05) is 104 Å². The summed E-state index contributed by atoms with van der Waals surface area (Å²) >= 11 is 2.45. The first-order chi connectivity index (χ1) is 12.4. The van der Waals surface area contributed by atoms with E-state index in [0.29, 0.717) is 11.8 Å². The van der Waals surface area contributed by atoms with Gasteiger partial charge in [0.1, 0.15) is 0 Å².